The van der Waals surface area contributed by atoms with E-state index in [1.54, 1.807) is 0 Å². The molecule has 3 nitrogen and oxygen atoms in total. The Morgan fingerprint density at radius 1 is 1.31 bits per heavy atom. The summed E-state index contributed by atoms with van der Waals surface area (Å²) in [6.07, 6.45) is 3.03. The molecule has 0 saturated carbocycles. The molecular formula is C13H19N3. The van der Waals surface area contributed by atoms with Crippen molar-refractivity contribution in [3.05, 3.63) is 24.4 Å². The van der Waals surface area contributed by atoms with Gasteiger partial charge in [-0.05, 0) is 37.5 Å². The molecule has 1 heterocycles. The van der Waals surface area contributed by atoms with Crippen LogP contribution >= 0.6 is 0 Å². The number of nitrogens with one attached hydrogen (secondary N) is 2. The topological polar surface area (TPSA) is 40.7 Å². The third-order valence-electron chi connectivity index (χ3n) is 2.68. The smallest absolute Gasteiger partial charge is 0.0670 e. The maximum absolute atomic E-state index is 4.02. The van der Waals surface area contributed by atoms with E-state index in [4.69, 9.17) is 0 Å². The van der Waals surface area contributed by atoms with Crippen molar-refractivity contribution in [2.24, 2.45) is 5.92 Å². The molecule has 1 unspecified atom stereocenters. The van der Waals surface area contributed by atoms with Gasteiger partial charge in [-0.1, -0.05) is 13.8 Å². The molecule has 0 fully saturated rings. The second-order valence-electron chi connectivity index (χ2n) is 4.85. The molecule has 0 amide bonds. The van der Waals surface area contributed by atoms with E-state index in [-0.39, 0.29) is 0 Å². The van der Waals surface area contributed by atoms with E-state index in [9.17, 15) is 0 Å². The summed E-state index contributed by atoms with van der Waals surface area (Å²) in [6, 6.07) is 6.80. The lowest BCUT2D eigenvalue weighted by atomic mass is 10.1. The number of hydrogen-bond acceptors (Lipinski definition) is 2. The number of H-pyrrole nitrogens is 1. The lowest BCUT2D eigenvalue weighted by molar-refractivity contribution is 0.540. The second kappa shape index (κ2) is 4.56. The first-order valence-electron chi connectivity index (χ1n) is 5.85. The fourth-order valence-electron chi connectivity index (χ4n) is 2.08. The minimum atomic E-state index is 0.500. The van der Waals surface area contributed by atoms with Crippen LogP contribution in [0.5, 0.6) is 0 Å². The summed E-state index contributed by atoms with van der Waals surface area (Å²) in [5.41, 5.74) is 2.24. The Morgan fingerprint density at radius 2 is 2.12 bits per heavy atom. The van der Waals surface area contributed by atoms with Gasteiger partial charge in [0.1, 0.15) is 0 Å². The van der Waals surface area contributed by atoms with E-state index < -0.39 is 0 Å². The van der Waals surface area contributed by atoms with Gasteiger partial charge in [-0.15, -0.1) is 0 Å². The summed E-state index contributed by atoms with van der Waals surface area (Å²) in [6.45, 7) is 6.71. The Hall–Kier alpha value is -1.51. The molecule has 0 aliphatic rings. The number of nitrogens with zero attached hydrogens (tertiary/aromatic N) is 1. The molecule has 0 spiro atoms. The van der Waals surface area contributed by atoms with Crippen molar-refractivity contribution >= 4 is 16.6 Å². The third-order valence-corrected chi connectivity index (χ3v) is 2.68. The Kier molecular flexibility index (Phi) is 3.13. The predicted molar refractivity (Wildman–Crippen MR) is 68.6 cm³/mol. The van der Waals surface area contributed by atoms with Gasteiger partial charge in [0, 0.05) is 17.1 Å². The highest BCUT2D eigenvalue weighted by molar-refractivity contribution is 5.81. The van der Waals surface area contributed by atoms with Crippen LogP contribution in [0.3, 0.4) is 0 Å². The van der Waals surface area contributed by atoms with E-state index in [0.29, 0.717) is 6.04 Å². The van der Waals surface area contributed by atoms with Gasteiger partial charge in [-0.25, -0.2) is 0 Å². The van der Waals surface area contributed by atoms with Gasteiger partial charge in [-0.3, -0.25) is 5.10 Å². The maximum atomic E-state index is 4.02. The number of anilines is 1. The number of hydrogen-bond donors (Lipinski definition) is 2. The standard InChI is InChI=1S/C13H19N3/c1-9(2)6-10(3)15-12-5-4-11-8-14-16-13(11)7-12/h4-5,7-10,15H,6H2,1-3H3,(H,14,16). The second-order valence-corrected chi connectivity index (χ2v) is 4.85. The maximum Gasteiger partial charge on any atom is 0.0670 e. The molecule has 0 aliphatic heterocycles. The Balaban J connectivity index is 2.08. The number of rotatable bonds is 4. The Labute approximate surface area is 96.2 Å². The normalized spacial score (nSPS) is 13.2. The average Bonchev–Trinajstić information content (AvgIpc) is 2.63. The fraction of sp³-hybridized carbons (Fsp3) is 0.462. The van der Waals surface area contributed by atoms with Crippen LogP contribution in [0, 0.1) is 5.92 Å². The van der Waals surface area contributed by atoms with Crippen LogP contribution < -0.4 is 5.32 Å². The highest BCUT2D eigenvalue weighted by atomic mass is 15.1. The summed E-state index contributed by atoms with van der Waals surface area (Å²) in [5.74, 6) is 0.721. The van der Waals surface area contributed by atoms with Crippen LogP contribution in [0.4, 0.5) is 5.69 Å². The Bertz CT molecular complexity index is 459. The summed E-state index contributed by atoms with van der Waals surface area (Å²) in [5, 5.41) is 11.7. The molecule has 0 radical (unpaired) electrons. The summed E-state index contributed by atoms with van der Waals surface area (Å²) in [7, 11) is 0. The minimum Gasteiger partial charge on any atom is -0.383 e. The lowest BCUT2D eigenvalue weighted by Crippen LogP contribution is -2.17. The van der Waals surface area contributed by atoms with E-state index in [1.165, 1.54) is 6.42 Å². The minimum absolute atomic E-state index is 0.500. The Morgan fingerprint density at radius 3 is 2.88 bits per heavy atom. The molecular weight excluding hydrogens is 198 g/mol. The van der Waals surface area contributed by atoms with Gasteiger partial charge < -0.3 is 5.32 Å². The zero-order chi connectivity index (χ0) is 11.5. The van der Waals surface area contributed by atoms with Crippen molar-refractivity contribution in [3.63, 3.8) is 0 Å². The third kappa shape index (κ3) is 2.54. The first-order chi connectivity index (χ1) is 7.65. The predicted octanol–water partition coefficient (Wildman–Crippen LogP) is 3.41. The zero-order valence-electron chi connectivity index (χ0n) is 10.1. The van der Waals surface area contributed by atoms with Crippen LogP contribution in [-0.2, 0) is 0 Å². The monoisotopic (exact) mass is 217 g/mol. The van der Waals surface area contributed by atoms with Crippen molar-refractivity contribution in [2.75, 3.05) is 5.32 Å². The summed E-state index contributed by atoms with van der Waals surface area (Å²) < 4.78 is 0. The molecule has 86 valence electrons. The number of benzene rings is 1. The van der Waals surface area contributed by atoms with Crippen molar-refractivity contribution in [2.45, 2.75) is 33.2 Å². The molecule has 2 rings (SSSR count). The molecule has 0 saturated heterocycles. The van der Waals surface area contributed by atoms with E-state index in [0.717, 1.165) is 22.5 Å². The average molecular weight is 217 g/mol. The van der Waals surface area contributed by atoms with Crippen LogP contribution in [0.1, 0.15) is 27.2 Å². The van der Waals surface area contributed by atoms with Crippen LogP contribution in [0.2, 0.25) is 0 Å². The SMILES string of the molecule is CC(C)CC(C)Nc1ccc2cn[nH]c2c1. The van der Waals surface area contributed by atoms with Gasteiger partial charge in [0.2, 0.25) is 0 Å². The van der Waals surface area contributed by atoms with Gasteiger partial charge >= 0.3 is 0 Å². The van der Waals surface area contributed by atoms with Gasteiger partial charge in [0.05, 0.1) is 11.7 Å². The highest BCUT2D eigenvalue weighted by Gasteiger charge is 2.05. The van der Waals surface area contributed by atoms with Gasteiger partial charge in [-0.2, -0.15) is 5.10 Å². The molecule has 0 bridgehead atoms. The van der Waals surface area contributed by atoms with Crippen LogP contribution in [0.25, 0.3) is 10.9 Å². The summed E-state index contributed by atoms with van der Waals surface area (Å²) >= 11 is 0. The van der Waals surface area contributed by atoms with Gasteiger partial charge in [0.25, 0.3) is 0 Å². The molecule has 3 heteroatoms. The lowest BCUT2D eigenvalue weighted by Gasteiger charge is -2.17. The van der Waals surface area contributed by atoms with Crippen molar-refractivity contribution in [1.29, 1.82) is 0 Å². The number of aromatic nitrogens is 2. The molecule has 2 N–H and O–H groups in total. The van der Waals surface area contributed by atoms with Crippen molar-refractivity contribution in [3.8, 4) is 0 Å². The van der Waals surface area contributed by atoms with Crippen LogP contribution in [-0.4, -0.2) is 16.2 Å². The quantitative estimate of drug-likeness (QED) is 0.824. The molecule has 1 atom stereocenters. The molecule has 1 aromatic heterocycles. The first kappa shape index (κ1) is 11.0. The van der Waals surface area contributed by atoms with Crippen molar-refractivity contribution < 1.29 is 0 Å². The van der Waals surface area contributed by atoms with Crippen LogP contribution in [0.15, 0.2) is 24.4 Å². The van der Waals surface area contributed by atoms with Crippen molar-refractivity contribution in [1.82, 2.24) is 10.2 Å². The first-order valence-corrected chi connectivity index (χ1v) is 5.85. The van der Waals surface area contributed by atoms with E-state index >= 15 is 0 Å². The number of aromatic amines is 1. The molecule has 0 aliphatic carbocycles. The van der Waals surface area contributed by atoms with E-state index in [1.807, 2.05) is 6.20 Å². The number of fused-ring (bicyclic) bond motifs is 1. The largest absolute Gasteiger partial charge is 0.383 e. The molecule has 16 heavy (non-hydrogen) atoms. The molecule has 1 aromatic carbocycles. The van der Waals surface area contributed by atoms with E-state index in [2.05, 4.69) is 54.5 Å². The zero-order valence-corrected chi connectivity index (χ0v) is 10.1. The fourth-order valence-corrected chi connectivity index (χ4v) is 2.08. The summed E-state index contributed by atoms with van der Waals surface area (Å²) in [4.78, 5) is 0. The molecule has 2 aromatic rings. The van der Waals surface area contributed by atoms with Gasteiger partial charge in [0.15, 0.2) is 0 Å². The highest BCUT2D eigenvalue weighted by Crippen LogP contribution is 2.18.